The first-order valence-corrected chi connectivity index (χ1v) is 8.09. The molecule has 21 heavy (non-hydrogen) atoms. The third kappa shape index (κ3) is 5.35. The molecular formula is C20H26O. The minimum Gasteiger partial charge on any atom is -0.381 e. The highest BCUT2D eigenvalue weighted by atomic mass is 16.5. The molecular weight excluding hydrogens is 256 g/mol. The van der Waals surface area contributed by atoms with Gasteiger partial charge in [-0.2, -0.15) is 0 Å². The van der Waals surface area contributed by atoms with Gasteiger partial charge in [-0.1, -0.05) is 74.0 Å². The van der Waals surface area contributed by atoms with Crippen LogP contribution in [0.25, 0.3) is 0 Å². The molecule has 0 radical (unpaired) electrons. The third-order valence-corrected chi connectivity index (χ3v) is 3.83. The second-order valence-corrected chi connectivity index (χ2v) is 5.48. The fourth-order valence-electron chi connectivity index (χ4n) is 2.63. The zero-order chi connectivity index (χ0) is 14.8. The van der Waals surface area contributed by atoms with Gasteiger partial charge < -0.3 is 4.74 Å². The van der Waals surface area contributed by atoms with Crippen molar-refractivity contribution in [2.75, 3.05) is 13.2 Å². The van der Waals surface area contributed by atoms with Crippen molar-refractivity contribution < 1.29 is 4.74 Å². The van der Waals surface area contributed by atoms with Crippen LogP contribution in [0.2, 0.25) is 0 Å². The van der Waals surface area contributed by atoms with E-state index in [2.05, 4.69) is 67.6 Å². The van der Waals surface area contributed by atoms with E-state index < -0.39 is 0 Å². The molecule has 1 heteroatoms. The van der Waals surface area contributed by atoms with Crippen molar-refractivity contribution in [2.24, 2.45) is 0 Å². The zero-order valence-electron chi connectivity index (χ0n) is 13.0. The molecule has 1 nitrogen and oxygen atoms in total. The molecule has 0 saturated heterocycles. The topological polar surface area (TPSA) is 9.23 Å². The molecule has 0 aliphatic rings. The second-order valence-electron chi connectivity index (χ2n) is 5.48. The maximum absolute atomic E-state index is 5.70. The van der Waals surface area contributed by atoms with Gasteiger partial charge in [0.25, 0.3) is 0 Å². The maximum Gasteiger partial charge on any atom is 0.0466 e. The molecule has 0 aliphatic carbocycles. The van der Waals surface area contributed by atoms with Crippen LogP contribution in [-0.4, -0.2) is 13.2 Å². The average Bonchev–Trinajstić information content (AvgIpc) is 2.56. The van der Waals surface area contributed by atoms with Gasteiger partial charge in [0.15, 0.2) is 0 Å². The SMILES string of the molecule is CCCCOCCCC(c1ccccc1)c1ccccc1. The summed E-state index contributed by atoms with van der Waals surface area (Å²) in [7, 11) is 0. The van der Waals surface area contributed by atoms with E-state index in [1.807, 2.05) is 0 Å². The van der Waals surface area contributed by atoms with Crippen molar-refractivity contribution in [2.45, 2.75) is 38.5 Å². The molecule has 0 unspecified atom stereocenters. The molecule has 0 bridgehead atoms. The normalized spacial score (nSPS) is 11.0. The largest absolute Gasteiger partial charge is 0.381 e. The lowest BCUT2D eigenvalue weighted by atomic mass is 9.88. The van der Waals surface area contributed by atoms with Crippen molar-refractivity contribution in [1.82, 2.24) is 0 Å². The Morgan fingerprint density at radius 2 is 1.29 bits per heavy atom. The highest BCUT2D eigenvalue weighted by Gasteiger charge is 2.13. The van der Waals surface area contributed by atoms with Gasteiger partial charge in [0.2, 0.25) is 0 Å². The van der Waals surface area contributed by atoms with Gasteiger partial charge >= 0.3 is 0 Å². The lowest BCUT2D eigenvalue weighted by Crippen LogP contribution is -2.04. The van der Waals surface area contributed by atoms with E-state index in [-0.39, 0.29) is 0 Å². The predicted octanol–water partition coefficient (Wildman–Crippen LogP) is 5.42. The molecule has 0 aliphatic heterocycles. The molecule has 112 valence electrons. The van der Waals surface area contributed by atoms with Gasteiger partial charge in [-0.3, -0.25) is 0 Å². The average molecular weight is 282 g/mol. The number of unbranched alkanes of at least 4 members (excludes halogenated alkanes) is 1. The number of rotatable bonds is 9. The molecule has 2 aromatic carbocycles. The molecule has 0 aromatic heterocycles. The molecule has 0 heterocycles. The van der Waals surface area contributed by atoms with Gasteiger partial charge in [0.05, 0.1) is 0 Å². The molecule has 0 atom stereocenters. The van der Waals surface area contributed by atoms with Crippen LogP contribution in [0.1, 0.15) is 49.7 Å². The van der Waals surface area contributed by atoms with Crippen LogP contribution in [0.4, 0.5) is 0 Å². The van der Waals surface area contributed by atoms with Gasteiger partial charge in [-0.25, -0.2) is 0 Å². The van der Waals surface area contributed by atoms with Crippen molar-refractivity contribution in [3.8, 4) is 0 Å². The van der Waals surface area contributed by atoms with Crippen LogP contribution in [0.15, 0.2) is 60.7 Å². The summed E-state index contributed by atoms with van der Waals surface area (Å²) in [6.45, 7) is 3.97. The number of ether oxygens (including phenoxy) is 1. The summed E-state index contributed by atoms with van der Waals surface area (Å²) < 4.78 is 5.70. The lowest BCUT2D eigenvalue weighted by molar-refractivity contribution is 0.127. The third-order valence-electron chi connectivity index (χ3n) is 3.83. The van der Waals surface area contributed by atoms with Crippen LogP contribution in [0.3, 0.4) is 0 Å². The van der Waals surface area contributed by atoms with Crippen molar-refractivity contribution in [3.63, 3.8) is 0 Å². The molecule has 2 rings (SSSR count). The molecule has 0 N–H and O–H groups in total. The van der Waals surface area contributed by atoms with Crippen LogP contribution in [-0.2, 0) is 4.74 Å². The predicted molar refractivity (Wildman–Crippen MR) is 89.7 cm³/mol. The van der Waals surface area contributed by atoms with E-state index in [0.29, 0.717) is 5.92 Å². The molecule has 0 saturated carbocycles. The minimum atomic E-state index is 0.474. The molecule has 0 amide bonds. The fourth-order valence-corrected chi connectivity index (χ4v) is 2.63. The van der Waals surface area contributed by atoms with Crippen molar-refractivity contribution >= 4 is 0 Å². The van der Waals surface area contributed by atoms with Gasteiger partial charge in [-0.05, 0) is 30.4 Å². The lowest BCUT2D eigenvalue weighted by Gasteiger charge is -2.18. The number of benzene rings is 2. The van der Waals surface area contributed by atoms with Gasteiger partial charge in [0, 0.05) is 19.1 Å². The van der Waals surface area contributed by atoms with Crippen molar-refractivity contribution in [1.29, 1.82) is 0 Å². The molecule has 2 aromatic rings. The fraction of sp³-hybridized carbons (Fsp3) is 0.400. The first-order valence-electron chi connectivity index (χ1n) is 8.09. The highest BCUT2D eigenvalue weighted by Crippen LogP contribution is 2.28. The Kier molecular flexibility index (Phi) is 7.03. The first-order chi connectivity index (χ1) is 10.4. The highest BCUT2D eigenvalue weighted by molar-refractivity contribution is 5.32. The standard InChI is InChI=1S/C20H26O/c1-2-3-16-21-17-10-15-20(18-11-6-4-7-12-18)19-13-8-5-9-14-19/h4-9,11-14,20H,2-3,10,15-17H2,1H3. The Morgan fingerprint density at radius 3 is 1.81 bits per heavy atom. The van der Waals surface area contributed by atoms with Crippen LogP contribution < -0.4 is 0 Å². The Balaban J connectivity index is 1.94. The maximum atomic E-state index is 5.70. The monoisotopic (exact) mass is 282 g/mol. The van der Waals surface area contributed by atoms with Gasteiger partial charge in [-0.15, -0.1) is 0 Å². The Hall–Kier alpha value is -1.60. The molecule has 0 spiro atoms. The Bertz CT molecular complexity index is 438. The van der Waals surface area contributed by atoms with Crippen LogP contribution >= 0.6 is 0 Å². The molecule has 0 fully saturated rings. The summed E-state index contributed by atoms with van der Waals surface area (Å²) in [5.41, 5.74) is 2.80. The summed E-state index contributed by atoms with van der Waals surface area (Å²) in [6, 6.07) is 21.6. The van der Waals surface area contributed by atoms with Gasteiger partial charge in [0.1, 0.15) is 0 Å². The van der Waals surface area contributed by atoms with Crippen LogP contribution in [0, 0.1) is 0 Å². The Labute approximate surface area is 129 Å². The van der Waals surface area contributed by atoms with E-state index in [9.17, 15) is 0 Å². The van der Waals surface area contributed by atoms with E-state index in [4.69, 9.17) is 4.74 Å². The summed E-state index contributed by atoms with van der Waals surface area (Å²) in [6.07, 6.45) is 4.62. The zero-order valence-corrected chi connectivity index (χ0v) is 13.0. The van der Waals surface area contributed by atoms with E-state index in [1.165, 1.54) is 24.0 Å². The summed E-state index contributed by atoms with van der Waals surface area (Å²) in [5, 5.41) is 0. The summed E-state index contributed by atoms with van der Waals surface area (Å²) in [5.74, 6) is 0.474. The minimum absolute atomic E-state index is 0.474. The summed E-state index contributed by atoms with van der Waals surface area (Å²) >= 11 is 0. The van der Waals surface area contributed by atoms with E-state index >= 15 is 0 Å². The number of hydrogen-bond donors (Lipinski definition) is 0. The number of hydrogen-bond acceptors (Lipinski definition) is 1. The smallest absolute Gasteiger partial charge is 0.0466 e. The van der Waals surface area contributed by atoms with Crippen molar-refractivity contribution in [3.05, 3.63) is 71.8 Å². The Morgan fingerprint density at radius 1 is 0.762 bits per heavy atom. The summed E-state index contributed by atoms with van der Waals surface area (Å²) in [4.78, 5) is 0. The quantitative estimate of drug-likeness (QED) is 0.558. The first kappa shape index (κ1) is 15.8. The second kappa shape index (κ2) is 9.36. The van der Waals surface area contributed by atoms with Crippen LogP contribution in [0.5, 0.6) is 0 Å². The van der Waals surface area contributed by atoms with E-state index in [1.54, 1.807) is 0 Å². The van der Waals surface area contributed by atoms with E-state index in [0.717, 1.165) is 26.1 Å².